The number of carbonyl (C=O) groups is 1. The molecule has 6 rings (SSSR count). The van der Waals surface area contributed by atoms with Crippen LogP contribution in [0.2, 0.25) is 0 Å². The number of esters is 1. The lowest BCUT2D eigenvalue weighted by Gasteiger charge is -2.72. The zero-order valence-corrected chi connectivity index (χ0v) is 27.4. The molecule has 3 nitrogen and oxygen atoms in total. The van der Waals surface area contributed by atoms with E-state index in [1.165, 1.54) is 68.9 Å². The topological polar surface area (TPSA) is 52.3 Å². The van der Waals surface area contributed by atoms with Gasteiger partial charge in [-0.25, -0.2) is 0 Å². The molecule has 4 fully saturated rings. The molecule has 6 aliphatic rings. The Morgan fingerprint density at radius 1 is 0.951 bits per heavy atom. The van der Waals surface area contributed by atoms with Gasteiger partial charge in [0.15, 0.2) is 0 Å². The van der Waals surface area contributed by atoms with E-state index in [1.807, 2.05) is 6.92 Å². The first kappa shape index (κ1) is 29.7. The summed E-state index contributed by atoms with van der Waals surface area (Å²) in [5, 5.41) is 0. The quantitative estimate of drug-likeness (QED) is 0.275. The summed E-state index contributed by atoms with van der Waals surface area (Å²) < 4.78 is 5.34. The standard InChI is InChI=1S/C38H59NO2/c1-9-41-33(40)26-12-10-25(11-13-26)28-17-19-35(6)30(34(28,4)5)18-20-37(8)31(35)15-14-29-32-27(24(2)3)16-21-38(32,39)23-22-36(29,37)7/h10,17,26-27,29-32H,2,9,11-16,18-23,39H2,1,3-8H3/t26-,27-,29+,30-,31+,32+,35-,36+,37+,38-/m0/s1. The second-order valence-corrected chi connectivity index (χ2v) is 16.9. The van der Waals surface area contributed by atoms with Gasteiger partial charge in [0.1, 0.15) is 0 Å². The lowest BCUT2D eigenvalue weighted by atomic mass is 9.33. The highest BCUT2D eigenvalue weighted by molar-refractivity contribution is 5.73. The molecule has 0 bridgehead atoms. The first-order valence-electron chi connectivity index (χ1n) is 17.2. The van der Waals surface area contributed by atoms with E-state index in [0.29, 0.717) is 40.6 Å². The summed E-state index contributed by atoms with van der Waals surface area (Å²) in [7, 11) is 0. The van der Waals surface area contributed by atoms with Crippen LogP contribution in [0.25, 0.3) is 0 Å². The van der Waals surface area contributed by atoms with Gasteiger partial charge in [-0.1, -0.05) is 58.9 Å². The van der Waals surface area contributed by atoms with Crippen LogP contribution in [0, 0.1) is 57.2 Å². The molecule has 0 aliphatic heterocycles. The maximum atomic E-state index is 12.4. The van der Waals surface area contributed by atoms with E-state index in [-0.39, 0.29) is 22.8 Å². The van der Waals surface area contributed by atoms with Crippen molar-refractivity contribution in [3.63, 3.8) is 0 Å². The third-order valence-corrected chi connectivity index (χ3v) is 15.1. The van der Waals surface area contributed by atoms with E-state index < -0.39 is 0 Å². The molecule has 0 saturated heterocycles. The molecule has 0 amide bonds. The SMILES string of the molecule is C=C(C)[C@@H]1CC[C@]2(N)CC[C@]3(C)[C@H](CC[C@@H]4[C@@]5(C)CC=C(C6=CC[C@H](C(=O)OCC)CC6)C(C)(C)[C@@H]5CC[C@]43C)[C@@H]12. The summed E-state index contributed by atoms with van der Waals surface area (Å²) in [5.74, 6) is 3.45. The lowest BCUT2D eigenvalue weighted by molar-refractivity contribution is -0.219. The summed E-state index contributed by atoms with van der Waals surface area (Å²) in [6.07, 6.45) is 19.4. The Morgan fingerprint density at radius 3 is 2.37 bits per heavy atom. The number of carbonyl (C=O) groups excluding carboxylic acids is 1. The molecule has 4 saturated carbocycles. The van der Waals surface area contributed by atoms with Crippen LogP contribution in [0.4, 0.5) is 0 Å². The summed E-state index contributed by atoms with van der Waals surface area (Å²) in [4.78, 5) is 12.4. The summed E-state index contributed by atoms with van der Waals surface area (Å²) in [5.41, 5.74) is 13.0. The van der Waals surface area contributed by atoms with E-state index in [4.69, 9.17) is 10.5 Å². The van der Waals surface area contributed by atoms with Crippen molar-refractivity contribution in [3.8, 4) is 0 Å². The fourth-order valence-electron chi connectivity index (χ4n) is 12.9. The minimum Gasteiger partial charge on any atom is -0.466 e. The average Bonchev–Trinajstić information content (AvgIpc) is 3.27. The number of allylic oxidation sites excluding steroid dienone is 5. The van der Waals surface area contributed by atoms with E-state index >= 15 is 0 Å². The Labute approximate surface area is 251 Å². The van der Waals surface area contributed by atoms with Crippen molar-refractivity contribution in [2.75, 3.05) is 6.61 Å². The molecule has 0 unspecified atom stereocenters. The van der Waals surface area contributed by atoms with Crippen molar-refractivity contribution in [1.82, 2.24) is 0 Å². The molecule has 6 aliphatic carbocycles. The minimum atomic E-state index is -0.00955. The molecule has 0 radical (unpaired) electrons. The highest BCUT2D eigenvalue weighted by atomic mass is 16.5. The van der Waals surface area contributed by atoms with Gasteiger partial charge >= 0.3 is 5.97 Å². The molecule has 0 aromatic rings. The average molecular weight is 562 g/mol. The minimum absolute atomic E-state index is 0.00955. The second-order valence-electron chi connectivity index (χ2n) is 16.9. The largest absolute Gasteiger partial charge is 0.466 e. The van der Waals surface area contributed by atoms with Gasteiger partial charge in [-0.2, -0.15) is 0 Å². The molecule has 10 atom stereocenters. The summed E-state index contributed by atoms with van der Waals surface area (Å²) in [6.45, 7) is 22.4. The zero-order chi connectivity index (χ0) is 29.6. The van der Waals surface area contributed by atoms with Crippen LogP contribution in [0.15, 0.2) is 35.5 Å². The van der Waals surface area contributed by atoms with E-state index in [0.717, 1.165) is 31.1 Å². The van der Waals surface area contributed by atoms with Crippen LogP contribution in [0.3, 0.4) is 0 Å². The molecule has 2 N–H and O–H groups in total. The van der Waals surface area contributed by atoms with Gasteiger partial charge in [-0.05, 0) is 153 Å². The van der Waals surface area contributed by atoms with Crippen molar-refractivity contribution >= 4 is 5.97 Å². The highest BCUT2D eigenvalue weighted by Gasteiger charge is 2.70. The number of fused-ring (bicyclic) bond motifs is 7. The Hall–Kier alpha value is -1.35. The summed E-state index contributed by atoms with van der Waals surface area (Å²) in [6, 6.07) is 0. The normalized spacial score (nSPS) is 48.5. The molecule has 0 spiro atoms. The predicted octanol–water partition coefficient (Wildman–Crippen LogP) is 9.18. The molecule has 41 heavy (non-hydrogen) atoms. The first-order valence-corrected chi connectivity index (χ1v) is 17.2. The Kier molecular flexibility index (Phi) is 7.12. The fraction of sp³-hybridized carbons (Fsp3) is 0.816. The monoisotopic (exact) mass is 561 g/mol. The predicted molar refractivity (Wildman–Crippen MR) is 169 cm³/mol. The van der Waals surface area contributed by atoms with E-state index in [9.17, 15) is 4.79 Å². The van der Waals surface area contributed by atoms with Crippen LogP contribution < -0.4 is 5.73 Å². The van der Waals surface area contributed by atoms with Gasteiger partial charge in [0.25, 0.3) is 0 Å². The molecule has 228 valence electrons. The van der Waals surface area contributed by atoms with Crippen LogP contribution in [0.5, 0.6) is 0 Å². The van der Waals surface area contributed by atoms with Gasteiger partial charge < -0.3 is 10.5 Å². The molecular formula is C38H59NO2. The van der Waals surface area contributed by atoms with Crippen LogP contribution in [0.1, 0.15) is 126 Å². The number of rotatable bonds is 4. The van der Waals surface area contributed by atoms with Crippen molar-refractivity contribution in [2.24, 2.45) is 62.9 Å². The van der Waals surface area contributed by atoms with Gasteiger partial charge in [0, 0.05) is 5.54 Å². The maximum Gasteiger partial charge on any atom is 0.309 e. The smallest absolute Gasteiger partial charge is 0.309 e. The van der Waals surface area contributed by atoms with Crippen LogP contribution in [-0.4, -0.2) is 18.1 Å². The van der Waals surface area contributed by atoms with Crippen molar-refractivity contribution in [1.29, 1.82) is 0 Å². The fourth-order valence-corrected chi connectivity index (χ4v) is 12.9. The third-order valence-electron chi connectivity index (χ3n) is 15.1. The Balaban J connectivity index is 1.29. The van der Waals surface area contributed by atoms with Gasteiger partial charge in [0.2, 0.25) is 0 Å². The molecule has 0 heterocycles. The molecule has 3 heteroatoms. The number of nitrogens with two attached hydrogens (primary N) is 1. The summed E-state index contributed by atoms with van der Waals surface area (Å²) >= 11 is 0. The van der Waals surface area contributed by atoms with Crippen molar-refractivity contribution in [2.45, 2.75) is 131 Å². The lowest BCUT2D eigenvalue weighted by Crippen LogP contribution is -2.67. The molecule has 0 aromatic carbocycles. The number of ether oxygens (including phenoxy) is 1. The Bertz CT molecular complexity index is 1160. The molecular weight excluding hydrogens is 502 g/mol. The zero-order valence-electron chi connectivity index (χ0n) is 27.4. The molecule has 0 aromatic heterocycles. The maximum absolute atomic E-state index is 12.4. The van der Waals surface area contributed by atoms with E-state index in [1.54, 1.807) is 5.57 Å². The van der Waals surface area contributed by atoms with Gasteiger partial charge in [-0.15, -0.1) is 0 Å². The first-order chi connectivity index (χ1) is 19.2. The van der Waals surface area contributed by atoms with E-state index in [2.05, 4.69) is 60.3 Å². The van der Waals surface area contributed by atoms with Gasteiger partial charge in [0.05, 0.1) is 12.5 Å². The van der Waals surface area contributed by atoms with Crippen LogP contribution >= 0.6 is 0 Å². The van der Waals surface area contributed by atoms with Crippen LogP contribution in [-0.2, 0) is 9.53 Å². The van der Waals surface area contributed by atoms with Gasteiger partial charge in [-0.3, -0.25) is 4.79 Å². The number of hydrogen-bond donors (Lipinski definition) is 1. The van der Waals surface area contributed by atoms with Crippen molar-refractivity contribution in [3.05, 3.63) is 35.5 Å². The number of hydrogen-bond acceptors (Lipinski definition) is 3. The third kappa shape index (κ3) is 4.09. The van der Waals surface area contributed by atoms with Crippen molar-refractivity contribution < 1.29 is 9.53 Å². The Morgan fingerprint density at radius 2 is 1.71 bits per heavy atom. The highest BCUT2D eigenvalue weighted by Crippen LogP contribution is 2.76. The second kappa shape index (κ2) is 9.83.